The Bertz CT molecular complexity index is 1080. The molecule has 0 aliphatic rings. The van der Waals surface area contributed by atoms with Crippen LogP contribution < -0.4 is 10.2 Å². The number of carbonyl (C=O) groups excluding carboxylic acids is 2. The number of aromatic nitrogens is 2. The van der Waals surface area contributed by atoms with Gasteiger partial charge in [0.15, 0.2) is 5.13 Å². The van der Waals surface area contributed by atoms with Crippen LogP contribution in [0.25, 0.3) is 6.08 Å². The van der Waals surface area contributed by atoms with Gasteiger partial charge in [-0.1, -0.05) is 12.1 Å². The van der Waals surface area contributed by atoms with Gasteiger partial charge in [0, 0.05) is 36.0 Å². The number of para-hydroxylation sites is 1. The van der Waals surface area contributed by atoms with E-state index >= 15 is 0 Å². The molecule has 162 valence electrons. The van der Waals surface area contributed by atoms with Gasteiger partial charge in [0.25, 0.3) is 0 Å². The predicted octanol–water partition coefficient (Wildman–Crippen LogP) is 4.88. The molecule has 0 radical (unpaired) electrons. The van der Waals surface area contributed by atoms with Gasteiger partial charge in [0.05, 0.1) is 16.4 Å². The quantitative estimate of drug-likeness (QED) is 0.366. The number of hydrogen-bond acceptors (Lipinski definition) is 6. The van der Waals surface area contributed by atoms with Crippen LogP contribution in [0.1, 0.15) is 36.2 Å². The normalized spacial score (nSPS) is 11.1. The third kappa shape index (κ3) is 6.53. The van der Waals surface area contributed by atoms with E-state index in [0.29, 0.717) is 17.4 Å². The molecule has 1 N–H and O–H groups in total. The molecule has 0 unspecified atom stereocenters. The van der Waals surface area contributed by atoms with E-state index in [1.54, 1.807) is 34.9 Å². The Morgan fingerprint density at radius 1 is 1.16 bits per heavy atom. The lowest BCUT2D eigenvalue weighted by Gasteiger charge is -2.18. The molecule has 2 heterocycles. The van der Waals surface area contributed by atoms with E-state index in [0.717, 1.165) is 30.0 Å². The first-order chi connectivity index (χ1) is 14.9. The van der Waals surface area contributed by atoms with Gasteiger partial charge < -0.3 is 5.32 Å². The summed E-state index contributed by atoms with van der Waals surface area (Å²) in [5.74, 6) is -1.06. The van der Waals surface area contributed by atoms with Crippen molar-refractivity contribution in [1.82, 2.24) is 15.3 Å². The third-order valence-corrected chi connectivity index (χ3v) is 6.17. The van der Waals surface area contributed by atoms with Crippen LogP contribution in [0.5, 0.6) is 0 Å². The first-order valence-electron chi connectivity index (χ1n) is 9.81. The third-order valence-electron chi connectivity index (χ3n) is 4.30. The van der Waals surface area contributed by atoms with Gasteiger partial charge in [-0.15, -0.1) is 22.7 Å². The SMILES string of the molecule is CC(=O)N(c1nc(/C=C/C(=O)NCCCCc2nc(C)cs2)cs1)c1ccccc1F. The Hall–Kier alpha value is -2.91. The van der Waals surface area contributed by atoms with Gasteiger partial charge in [-0.3, -0.25) is 14.5 Å². The second kappa shape index (κ2) is 10.9. The molecule has 0 aliphatic heterocycles. The van der Waals surface area contributed by atoms with Crippen molar-refractivity contribution < 1.29 is 14.0 Å². The molecular weight excluding hydrogens is 435 g/mol. The number of nitrogens with one attached hydrogen (secondary N) is 1. The molecule has 2 aromatic heterocycles. The van der Waals surface area contributed by atoms with Crippen LogP contribution in [0.15, 0.2) is 41.1 Å². The van der Waals surface area contributed by atoms with E-state index in [2.05, 4.69) is 15.3 Å². The number of amides is 2. The van der Waals surface area contributed by atoms with E-state index in [-0.39, 0.29) is 17.5 Å². The number of hydrogen-bond donors (Lipinski definition) is 1. The second-order valence-corrected chi connectivity index (χ2v) is 8.60. The summed E-state index contributed by atoms with van der Waals surface area (Å²) in [7, 11) is 0. The highest BCUT2D eigenvalue weighted by Gasteiger charge is 2.20. The van der Waals surface area contributed by atoms with Crippen molar-refractivity contribution >= 4 is 51.4 Å². The molecule has 9 heteroatoms. The maximum atomic E-state index is 14.1. The molecule has 1 aromatic carbocycles. The van der Waals surface area contributed by atoms with Crippen LogP contribution in [0.4, 0.5) is 15.2 Å². The van der Waals surface area contributed by atoms with Gasteiger partial charge >= 0.3 is 0 Å². The zero-order valence-corrected chi connectivity index (χ0v) is 18.9. The maximum absolute atomic E-state index is 14.1. The monoisotopic (exact) mass is 458 g/mol. The average molecular weight is 459 g/mol. The Kier molecular flexibility index (Phi) is 8.02. The molecule has 3 aromatic rings. The maximum Gasteiger partial charge on any atom is 0.244 e. The number of anilines is 2. The standard InChI is InChI=1S/C22H23FN4O2S2/c1-15-13-30-21(25-15)9-5-6-12-24-20(29)11-10-17-14-31-22(26-17)27(16(2)28)19-8-4-3-7-18(19)23/h3-4,7-8,10-11,13-14H,5-6,9,12H2,1-2H3,(H,24,29)/b11-10+. The summed E-state index contributed by atoms with van der Waals surface area (Å²) in [4.78, 5) is 34.1. The minimum Gasteiger partial charge on any atom is -0.353 e. The van der Waals surface area contributed by atoms with Crippen LogP contribution in [0, 0.1) is 12.7 Å². The number of benzene rings is 1. The highest BCUT2D eigenvalue weighted by Crippen LogP contribution is 2.30. The van der Waals surface area contributed by atoms with Crippen molar-refractivity contribution in [3.63, 3.8) is 0 Å². The van der Waals surface area contributed by atoms with E-state index in [4.69, 9.17) is 0 Å². The largest absolute Gasteiger partial charge is 0.353 e. The number of thiazole rings is 2. The molecule has 0 atom stereocenters. The first-order valence-corrected chi connectivity index (χ1v) is 11.6. The summed E-state index contributed by atoms with van der Waals surface area (Å²) in [5.41, 5.74) is 1.71. The smallest absolute Gasteiger partial charge is 0.244 e. The molecule has 2 amide bonds. The molecule has 0 spiro atoms. The van der Waals surface area contributed by atoms with Crippen molar-refractivity contribution in [3.8, 4) is 0 Å². The second-order valence-electron chi connectivity index (χ2n) is 6.82. The van der Waals surface area contributed by atoms with Gasteiger partial charge in [-0.2, -0.15) is 0 Å². The summed E-state index contributed by atoms with van der Waals surface area (Å²) in [6.45, 7) is 3.92. The molecule has 3 rings (SSSR count). The van der Waals surface area contributed by atoms with Gasteiger partial charge in [-0.05, 0) is 44.4 Å². The first kappa shape index (κ1) is 22.8. The number of unbranched alkanes of at least 4 members (excludes halogenated alkanes) is 1. The minimum absolute atomic E-state index is 0.144. The Balaban J connectivity index is 1.50. The predicted molar refractivity (Wildman–Crippen MR) is 123 cm³/mol. The van der Waals surface area contributed by atoms with Crippen LogP contribution >= 0.6 is 22.7 Å². The number of carbonyl (C=O) groups is 2. The molecule has 0 fully saturated rings. The number of halogens is 1. The number of nitrogens with zero attached hydrogens (tertiary/aromatic N) is 3. The van der Waals surface area contributed by atoms with Crippen molar-refractivity contribution in [2.24, 2.45) is 0 Å². The Morgan fingerprint density at radius 2 is 1.97 bits per heavy atom. The summed E-state index contributed by atoms with van der Waals surface area (Å²) in [5, 5.41) is 8.06. The van der Waals surface area contributed by atoms with E-state index in [1.165, 1.54) is 41.4 Å². The minimum atomic E-state index is -0.505. The lowest BCUT2D eigenvalue weighted by Crippen LogP contribution is -2.23. The van der Waals surface area contributed by atoms with Gasteiger partial charge in [0.2, 0.25) is 11.8 Å². The molecule has 0 saturated heterocycles. The Labute approximate surface area is 188 Å². The summed E-state index contributed by atoms with van der Waals surface area (Å²) < 4.78 is 14.1. The van der Waals surface area contributed by atoms with Gasteiger partial charge in [-0.25, -0.2) is 14.4 Å². The van der Waals surface area contributed by atoms with Crippen molar-refractivity contribution in [1.29, 1.82) is 0 Å². The highest BCUT2D eigenvalue weighted by molar-refractivity contribution is 7.14. The summed E-state index contributed by atoms with van der Waals surface area (Å²) >= 11 is 2.87. The summed E-state index contributed by atoms with van der Waals surface area (Å²) in [6.07, 6.45) is 5.73. The molecular formula is C22H23FN4O2S2. The van der Waals surface area contributed by atoms with E-state index in [9.17, 15) is 14.0 Å². The molecule has 0 saturated carbocycles. The average Bonchev–Trinajstić information content (AvgIpc) is 3.36. The van der Waals surface area contributed by atoms with E-state index in [1.807, 2.05) is 12.3 Å². The zero-order chi connectivity index (χ0) is 22.2. The lowest BCUT2D eigenvalue weighted by atomic mass is 10.2. The number of rotatable bonds is 9. The fourth-order valence-corrected chi connectivity index (χ4v) is 4.51. The van der Waals surface area contributed by atoms with Gasteiger partial charge in [0.1, 0.15) is 5.82 Å². The van der Waals surface area contributed by atoms with Crippen LogP contribution in [-0.4, -0.2) is 28.3 Å². The summed E-state index contributed by atoms with van der Waals surface area (Å²) in [6, 6.07) is 6.04. The fraction of sp³-hybridized carbons (Fsp3) is 0.273. The van der Waals surface area contributed by atoms with Crippen molar-refractivity contribution in [2.45, 2.75) is 33.1 Å². The van der Waals surface area contributed by atoms with Crippen LogP contribution in [0.3, 0.4) is 0 Å². The van der Waals surface area contributed by atoms with Crippen molar-refractivity contribution in [2.75, 3.05) is 11.4 Å². The zero-order valence-electron chi connectivity index (χ0n) is 17.3. The van der Waals surface area contributed by atoms with Crippen molar-refractivity contribution in [3.05, 3.63) is 63.3 Å². The highest BCUT2D eigenvalue weighted by atomic mass is 32.1. The lowest BCUT2D eigenvalue weighted by molar-refractivity contribution is -0.117. The molecule has 0 bridgehead atoms. The van der Waals surface area contributed by atoms with Crippen LogP contribution in [-0.2, 0) is 16.0 Å². The van der Waals surface area contributed by atoms with E-state index < -0.39 is 5.82 Å². The molecule has 0 aliphatic carbocycles. The van der Waals surface area contributed by atoms with Crippen LogP contribution in [0.2, 0.25) is 0 Å². The fourth-order valence-electron chi connectivity index (χ4n) is 2.85. The topological polar surface area (TPSA) is 75.2 Å². The molecule has 6 nitrogen and oxygen atoms in total. The number of aryl methyl sites for hydroxylation is 2. The Morgan fingerprint density at radius 3 is 2.68 bits per heavy atom. The molecule has 31 heavy (non-hydrogen) atoms.